The second-order valence-electron chi connectivity index (χ2n) is 10.1. The van der Waals surface area contributed by atoms with Gasteiger partial charge in [-0.3, -0.25) is 23.7 Å². The molecule has 1 N–H and O–H groups in total. The van der Waals surface area contributed by atoms with Crippen LogP contribution >= 0.6 is 11.6 Å². The first kappa shape index (κ1) is 26.2. The van der Waals surface area contributed by atoms with Crippen LogP contribution in [0.1, 0.15) is 47.8 Å². The fourth-order valence-corrected chi connectivity index (χ4v) is 5.33. The summed E-state index contributed by atoms with van der Waals surface area (Å²) in [4.78, 5) is 54.2. The molecule has 0 bridgehead atoms. The Morgan fingerprint density at radius 1 is 0.732 bits per heavy atom. The molecule has 0 unspecified atom stereocenters. The summed E-state index contributed by atoms with van der Waals surface area (Å²) < 4.78 is 1.49. The van der Waals surface area contributed by atoms with Crippen LogP contribution in [-0.2, 0) is 0 Å². The highest BCUT2D eigenvalue weighted by Gasteiger charge is 2.37. The number of carbonyl (C=O) groups is 3. The normalized spacial score (nSPS) is 12.6. The van der Waals surface area contributed by atoms with Crippen LogP contribution in [0.25, 0.3) is 16.5 Å². The third kappa shape index (κ3) is 4.40. The van der Waals surface area contributed by atoms with Crippen molar-refractivity contribution in [2.45, 2.75) is 20.8 Å². The minimum absolute atomic E-state index is 0.220. The zero-order valence-electron chi connectivity index (χ0n) is 22.5. The second-order valence-corrected chi connectivity index (χ2v) is 10.6. The second kappa shape index (κ2) is 9.87. The van der Waals surface area contributed by atoms with E-state index in [0.29, 0.717) is 49.5 Å². The first-order valence-electron chi connectivity index (χ1n) is 13.0. The van der Waals surface area contributed by atoms with E-state index in [4.69, 9.17) is 11.6 Å². The summed E-state index contributed by atoms with van der Waals surface area (Å²) in [7, 11) is 0. The molecule has 4 aromatic carbocycles. The van der Waals surface area contributed by atoms with E-state index in [1.807, 2.05) is 32.0 Å². The first-order chi connectivity index (χ1) is 19.6. The van der Waals surface area contributed by atoms with Crippen molar-refractivity contribution in [2.24, 2.45) is 0 Å². The molecule has 1 aliphatic heterocycles. The third-order valence-corrected chi connectivity index (χ3v) is 7.72. The molecule has 6 rings (SSSR count). The summed E-state index contributed by atoms with van der Waals surface area (Å²) >= 11 is 6.04. The minimum Gasteiger partial charge on any atom is -0.322 e. The molecule has 202 valence electrons. The summed E-state index contributed by atoms with van der Waals surface area (Å²) in [6.45, 7) is 5.73. The minimum atomic E-state index is -0.451. The number of anilines is 2. The van der Waals surface area contributed by atoms with E-state index in [9.17, 15) is 19.2 Å². The molecule has 0 saturated heterocycles. The monoisotopic (exact) mass is 561 g/mol. The smallest absolute Gasteiger partial charge is 0.266 e. The molecule has 1 aliphatic rings. The highest BCUT2D eigenvalue weighted by atomic mass is 35.5. The molecule has 7 nitrogen and oxygen atoms in total. The number of nitrogens with one attached hydrogen (secondary N) is 1. The number of pyridine rings is 1. The molecule has 8 heteroatoms. The Bertz CT molecular complexity index is 2010. The van der Waals surface area contributed by atoms with Gasteiger partial charge in [-0.2, -0.15) is 0 Å². The Morgan fingerprint density at radius 2 is 1.46 bits per heavy atom. The van der Waals surface area contributed by atoms with Crippen LogP contribution in [0, 0.1) is 20.8 Å². The van der Waals surface area contributed by atoms with Gasteiger partial charge in [-0.15, -0.1) is 0 Å². The van der Waals surface area contributed by atoms with E-state index in [-0.39, 0.29) is 11.1 Å². The number of hydrogen-bond donors (Lipinski definition) is 1. The summed E-state index contributed by atoms with van der Waals surface area (Å²) in [6, 6.07) is 22.3. The van der Waals surface area contributed by atoms with Gasteiger partial charge in [0.15, 0.2) is 0 Å². The van der Waals surface area contributed by atoms with Gasteiger partial charge < -0.3 is 5.32 Å². The number of aryl methyl sites for hydroxylation is 3. The topological polar surface area (TPSA) is 88.5 Å². The van der Waals surface area contributed by atoms with Crippen molar-refractivity contribution in [1.29, 1.82) is 0 Å². The van der Waals surface area contributed by atoms with Crippen molar-refractivity contribution in [3.05, 3.63) is 134 Å². The van der Waals surface area contributed by atoms with Crippen LogP contribution in [-0.4, -0.2) is 22.3 Å². The number of carbonyl (C=O) groups excluding carboxylic acids is 3. The van der Waals surface area contributed by atoms with Gasteiger partial charge in [0.25, 0.3) is 23.3 Å². The zero-order valence-corrected chi connectivity index (χ0v) is 23.2. The number of imide groups is 1. The molecule has 41 heavy (non-hydrogen) atoms. The van der Waals surface area contributed by atoms with E-state index in [1.54, 1.807) is 67.7 Å². The fourth-order valence-electron chi connectivity index (χ4n) is 5.15. The number of aromatic nitrogens is 1. The maximum atomic E-state index is 13.6. The number of halogens is 1. The molecule has 0 aliphatic carbocycles. The Hall–Kier alpha value is -5.01. The molecule has 2 heterocycles. The molecule has 5 aromatic rings. The molecule has 0 spiro atoms. The third-order valence-electron chi connectivity index (χ3n) is 7.48. The Balaban J connectivity index is 1.35. The highest BCUT2D eigenvalue weighted by molar-refractivity contribution is 6.37. The van der Waals surface area contributed by atoms with Gasteiger partial charge in [-0.25, -0.2) is 4.90 Å². The summed E-state index contributed by atoms with van der Waals surface area (Å²) in [5.41, 5.74) is 4.97. The number of nitrogens with zero attached hydrogens (tertiary/aromatic N) is 2. The van der Waals surface area contributed by atoms with Gasteiger partial charge >= 0.3 is 0 Å². The zero-order chi connectivity index (χ0) is 29.0. The SMILES string of the molecule is Cc1ccc(-n2cc(C(=O)Nc3ccc(N4C(=O)c5ccc(Cl)cc5C4=O)c(C)c3)c3ccccc3c2=O)cc1C. The lowest BCUT2D eigenvalue weighted by molar-refractivity contribution is 0.0924. The number of fused-ring (bicyclic) bond motifs is 2. The maximum absolute atomic E-state index is 13.6. The van der Waals surface area contributed by atoms with Crippen molar-refractivity contribution in [2.75, 3.05) is 10.2 Å². The van der Waals surface area contributed by atoms with Crippen molar-refractivity contribution in [3.8, 4) is 5.69 Å². The number of hydrogen-bond acceptors (Lipinski definition) is 4. The lowest BCUT2D eigenvalue weighted by atomic mass is 10.1. The summed E-state index contributed by atoms with van der Waals surface area (Å²) in [6.07, 6.45) is 1.56. The van der Waals surface area contributed by atoms with Crippen LogP contribution in [0.4, 0.5) is 11.4 Å². The lowest BCUT2D eigenvalue weighted by Gasteiger charge is -2.18. The van der Waals surface area contributed by atoms with Crippen LogP contribution in [0.2, 0.25) is 5.02 Å². The highest BCUT2D eigenvalue weighted by Crippen LogP contribution is 2.33. The van der Waals surface area contributed by atoms with Crippen LogP contribution in [0.3, 0.4) is 0 Å². The molecule has 0 saturated carbocycles. The summed E-state index contributed by atoms with van der Waals surface area (Å²) in [5.74, 6) is -1.28. The van der Waals surface area contributed by atoms with E-state index < -0.39 is 17.7 Å². The Kier molecular flexibility index (Phi) is 6.31. The average molecular weight is 562 g/mol. The lowest BCUT2D eigenvalue weighted by Crippen LogP contribution is -2.30. The van der Waals surface area contributed by atoms with Gasteiger partial charge in [-0.1, -0.05) is 35.9 Å². The maximum Gasteiger partial charge on any atom is 0.266 e. The number of rotatable bonds is 4. The van der Waals surface area contributed by atoms with E-state index in [2.05, 4.69) is 5.32 Å². The van der Waals surface area contributed by atoms with E-state index >= 15 is 0 Å². The molecule has 0 atom stereocenters. The summed E-state index contributed by atoms with van der Waals surface area (Å²) in [5, 5.41) is 4.25. The molecular weight excluding hydrogens is 538 g/mol. The van der Waals surface area contributed by atoms with Gasteiger partial charge in [0.05, 0.1) is 22.4 Å². The molecular formula is C33H24ClN3O4. The largest absolute Gasteiger partial charge is 0.322 e. The standard InChI is InChI=1S/C33H24ClN3O4/c1-18-8-11-23(15-19(18)2)36-17-28(24-6-4-5-7-25(24)31(36)39)30(38)35-22-10-13-29(20(3)14-22)37-32(40)26-12-9-21(34)16-27(26)33(37)41/h4-17H,1-3H3,(H,35,38). The predicted molar refractivity (Wildman–Crippen MR) is 161 cm³/mol. The van der Waals surface area contributed by atoms with Crippen molar-refractivity contribution in [3.63, 3.8) is 0 Å². The Morgan fingerprint density at radius 3 is 2.20 bits per heavy atom. The van der Waals surface area contributed by atoms with Crippen molar-refractivity contribution >= 4 is 51.5 Å². The van der Waals surface area contributed by atoms with Crippen LogP contribution < -0.4 is 15.8 Å². The van der Waals surface area contributed by atoms with Gasteiger partial charge in [-0.05, 0) is 92.1 Å². The van der Waals surface area contributed by atoms with E-state index in [0.717, 1.165) is 16.0 Å². The number of amides is 3. The quantitative estimate of drug-likeness (QED) is 0.250. The van der Waals surface area contributed by atoms with Crippen molar-refractivity contribution in [1.82, 2.24) is 4.57 Å². The molecule has 1 aromatic heterocycles. The van der Waals surface area contributed by atoms with Crippen LogP contribution in [0.15, 0.2) is 89.9 Å². The van der Waals surface area contributed by atoms with Gasteiger partial charge in [0.1, 0.15) is 0 Å². The Labute approximate surface area is 240 Å². The molecule has 0 radical (unpaired) electrons. The molecule has 3 amide bonds. The number of benzene rings is 4. The van der Waals surface area contributed by atoms with Crippen LogP contribution in [0.5, 0.6) is 0 Å². The van der Waals surface area contributed by atoms with Gasteiger partial charge in [0.2, 0.25) is 0 Å². The predicted octanol–water partition coefficient (Wildman–Crippen LogP) is 6.62. The first-order valence-corrected chi connectivity index (χ1v) is 13.3. The molecule has 0 fully saturated rings. The average Bonchev–Trinajstić information content (AvgIpc) is 3.19. The van der Waals surface area contributed by atoms with Gasteiger partial charge in [0, 0.05) is 33.4 Å². The fraction of sp³-hybridized carbons (Fsp3) is 0.0909. The van der Waals surface area contributed by atoms with E-state index in [1.165, 1.54) is 10.6 Å². The van der Waals surface area contributed by atoms with Crippen molar-refractivity contribution < 1.29 is 14.4 Å².